The molecule has 0 radical (unpaired) electrons. The Morgan fingerprint density at radius 1 is 1.25 bits per heavy atom. The average Bonchev–Trinajstić information content (AvgIpc) is 1.75. The average molecular weight is 204 g/mol. The molecule has 0 spiro atoms. The van der Waals surface area contributed by atoms with E-state index in [-0.39, 0.29) is 38.2 Å². The third-order valence-electron chi connectivity index (χ3n) is 2.53. The van der Waals surface area contributed by atoms with Gasteiger partial charge in [0.05, 0.1) is 5.41 Å². The SMILES string of the molecule is Cl.NCCC1(C(F)(F)F)CCC1. The van der Waals surface area contributed by atoms with Crippen molar-refractivity contribution in [1.82, 2.24) is 0 Å². The van der Waals surface area contributed by atoms with Crippen molar-refractivity contribution in [3.8, 4) is 0 Å². The molecule has 1 aliphatic carbocycles. The van der Waals surface area contributed by atoms with Gasteiger partial charge in [-0.05, 0) is 25.8 Å². The molecule has 0 aromatic heterocycles. The Bertz CT molecular complexity index is 142. The molecule has 0 unspecified atom stereocenters. The zero-order valence-electron chi connectivity index (χ0n) is 6.66. The van der Waals surface area contributed by atoms with E-state index >= 15 is 0 Å². The summed E-state index contributed by atoms with van der Waals surface area (Å²) in [4.78, 5) is 0. The van der Waals surface area contributed by atoms with Gasteiger partial charge in [0.25, 0.3) is 0 Å². The van der Waals surface area contributed by atoms with Gasteiger partial charge >= 0.3 is 6.18 Å². The van der Waals surface area contributed by atoms with Crippen molar-refractivity contribution in [3.63, 3.8) is 0 Å². The molecule has 12 heavy (non-hydrogen) atoms. The maximum Gasteiger partial charge on any atom is 0.394 e. The van der Waals surface area contributed by atoms with Gasteiger partial charge in [-0.2, -0.15) is 13.2 Å². The molecule has 5 heteroatoms. The zero-order valence-corrected chi connectivity index (χ0v) is 7.47. The van der Waals surface area contributed by atoms with Crippen molar-refractivity contribution in [2.75, 3.05) is 6.54 Å². The summed E-state index contributed by atoms with van der Waals surface area (Å²) in [6, 6.07) is 0. The highest BCUT2D eigenvalue weighted by Crippen LogP contribution is 2.54. The summed E-state index contributed by atoms with van der Waals surface area (Å²) in [5.74, 6) is 0. The Kier molecular flexibility index (Phi) is 3.85. The van der Waals surface area contributed by atoms with Crippen molar-refractivity contribution in [3.05, 3.63) is 0 Å². The minimum atomic E-state index is -4.04. The third kappa shape index (κ3) is 1.85. The molecule has 2 N–H and O–H groups in total. The zero-order chi connectivity index (χ0) is 8.54. The quantitative estimate of drug-likeness (QED) is 0.733. The highest BCUT2D eigenvalue weighted by atomic mass is 35.5. The summed E-state index contributed by atoms with van der Waals surface area (Å²) in [5, 5.41) is 0. The minimum Gasteiger partial charge on any atom is -0.330 e. The second kappa shape index (κ2) is 3.83. The van der Waals surface area contributed by atoms with Crippen LogP contribution in [0, 0.1) is 5.41 Å². The van der Waals surface area contributed by atoms with Crippen LogP contribution in [0.25, 0.3) is 0 Å². The van der Waals surface area contributed by atoms with Crippen LogP contribution in [0.15, 0.2) is 0 Å². The Hall–Kier alpha value is 0.0400. The van der Waals surface area contributed by atoms with E-state index in [0.717, 1.165) is 0 Å². The van der Waals surface area contributed by atoms with Crippen LogP contribution in [-0.2, 0) is 0 Å². The Morgan fingerprint density at radius 2 is 1.75 bits per heavy atom. The van der Waals surface area contributed by atoms with Gasteiger partial charge in [-0.25, -0.2) is 0 Å². The van der Waals surface area contributed by atoms with Gasteiger partial charge in [-0.1, -0.05) is 6.42 Å². The lowest BCUT2D eigenvalue weighted by molar-refractivity contribution is -0.252. The number of nitrogens with two attached hydrogens (primary N) is 1. The van der Waals surface area contributed by atoms with Crippen molar-refractivity contribution in [2.45, 2.75) is 31.9 Å². The van der Waals surface area contributed by atoms with Gasteiger partial charge in [0.1, 0.15) is 0 Å². The Morgan fingerprint density at radius 3 is 1.83 bits per heavy atom. The van der Waals surface area contributed by atoms with E-state index in [1.54, 1.807) is 0 Å². The van der Waals surface area contributed by atoms with E-state index in [1.165, 1.54) is 0 Å². The van der Waals surface area contributed by atoms with Crippen LogP contribution in [0.5, 0.6) is 0 Å². The van der Waals surface area contributed by atoms with Gasteiger partial charge in [-0.3, -0.25) is 0 Å². The second-order valence-electron chi connectivity index (χ2n) is 3.17. The van der Waals surface area contributed by atoms with Crippen molar-refractivity contribution < 1.29 is 13.2 Å². The van der Waals surface area contributed by atoms with Crippen LogP contribution >= 0.6 is 12.4 Å². The van der Waals surface area contributed by atoms with Crippen molar-refractivity contribution in [2.24, 2.45) is 11.1 Å². The molecule has 0 heterocycles. The summed E-state index contributed by atoms with van der Waals surface area (Å²) in [7, 11) is 0. The Labute approximate surface area is 75.9 Å². The summed E-state index contributed by atoms with van der Waals surface area (Å²) >= 11 is 0. The fraction of sp³-hybridized carbons (Fsp3) is 1.00. The predicted molar refractivity (Wildman–Crippen MR) is 43.3 cm³/mol. The van der Waals surface area contributed by atoms with Gasteiger partial charge in [-0.15, -0.1) is 12.4 Å². The van der Waals surface area contributed by atoms with Crippen LogP contribution in [-0.4, -0.2) is 12.7 Å². The van der Waals surface area contributed by atoms with Gasteiger partial charge in [0.2, 0.25) is 0 Å². The van der Waals surface area contributed by atoms with E-state index < -0.39 is 11.6 Å². The molecule has 74 valence electrons. The van der Waals surface area contributed by atoms with E-state index in [0.29, 0.717) is 6.42 Å². The third-order valence-corrected chi connectivity index (χ3v) is 2.53. The van der Waals surface area contributed by atoms with Gasteiger partial charge in [0, 0.05) is 0 Å². The van der Waals surface area contributed by atoms with Crippen molar-refractivity contribution >= 4 is 12.4 Å². The van der Waals surface area contributed by atoms with Crippen LogP contribution in [0.4, 0.5) is 13.2 Å². The number of halogens is 4. The number of alkyl halides is 3. The molecule has 0 atom stereocenters. The molecule has 0 aliphatic heterocycles. The highest BCUT2D eigenvalue weighted by Gasteiger charge is 2.57. The standard InChI is InChI=1S/C7H12F3N.ClH/c8-7(9,10)6(4-5-11)2-1-3-6;/h1-5,11H2;1H. The number of rotatable bonds is 2. The first-order valence-electron chi connectivity index (χ1n) is 3.79. The van der Waals surface area contributed by atoms with E-state index in [9.17, 15) is 13.2 Å². The summed E-state index contributed by atoms with van der Waals surface area (Å²) < 4.78 is 36.9. The van der Waals surface area contributed by atoms with E-state index in [4.69, 9.17) is 5.73 Å². The van der Waals surface area contributed by atoms with Crippen LogP contribution in [0.2, 0.25) is 0 Å². The molecule has 1 fully saturated rings. The molecule has 1 aliphatic rings. The molecule has 1 saturated carbocycles. The maximum atomic E-state index is 12.3. The normalized spacial score (nSPS) is 21.0. The number of hydrogen-bond donors (Lipinski definition) is 1. The first-order valence-corrected chi connectivity index (χ1v) is 3.79. The molecule has 0 aromatic carbocycles. The van der Waals surface area contributed by atoms with Crippen LogP contribution in [0.3, 0.4) is 0 Å². The molecule has 1 nitrogen and oxygen atoms in total. The summed E-state index contributed by atoms with van der Waals surface area (Å²) in [5.41, 5.74) is 3.71. The first-order chi connectivity index (χ1) is 5.02. The lowest BCUT2D eigenvalue weighted by atomic mass is 9.66. The second-order valence-corrected chi connectivity index (χ2v) is 3.17. The first kappa shape index (κ1) is 12.0. The lowest BCUT2D eigenvalue weighted by Crippen LogP contribution is -2.45. The lowest BCUT2D eigenvalue weighted by Gasteiger charge is -2.43. The Balaban J connectivity index is 0.00000121. The topological polar surface area (TPSA) is 26.0 Å². The van der Waals surface area contributed by atoms with Gasteiger partial charge < -0.3 is 5.73 Å². The molecular weight excluding hydrogens is 191 g/mol. The van der Waals surface area contributed by atoms with Crippen LogP contribution in [0.1, 0.15) is 25.7 Å². The fourth-order valence-corrected chi connectivity index (χ4v) is 1.56. The largest absolute Gasteiger partial charge is 0.394 e. The fourth-order valence-electron chi connectivity index (χ4n) is 1.56. The summed E-state index contributed by atoms with van der Waals surface area (Å²) in [6.07, 6.45) is -2.71. The monoisotopic (exact) mass is 203 g/mol. The molecule has 1 rings (SSSR count). The summed E-state index contributed by atoms with van der Waals surface area (Å²) in [6.45, 7) is 0.138. The van der Waals surface area contributed by atoms with E-state index in [2.05, 4.69) is 0 Å². The number of hydrogen-bond acceptors (Lipinski definition) is 1. The molecular formula is C7H13ClF3N. The molecule has 0 amide bonds. The molecule has 0 bridgehead atoms. The highest BCUT2D eigenvalue weighted by molar-refractivity contribution is 5.85. The smallest absolute Gasteiger partial charge is 0.330 e. The predicted octanol–water partition coefficient (Wildman–Crippen LogP) is 2.49. The van der Waals surface area contributed by atoms with Crippen LogP contribution < -0.4 is 5.73 Å². The molecule has 0 aromatic rings. The van der Waals surface area contributed by atoms with Crippen molar-refractivity contribution in [1.29, 1.82) is 0 Å². The maximum absolute atomic E-state index is 12.3. The molecule has 0 saturated heterocycles. The van der Waals surface area contributed by atoms with E-state index in [1.807, 2.05) is 0 Å². The van der Waals surface area contributed by atoms with Gasteiger partial charge in [0.15, 0.2) is 0 Å². The minimum absolute atomic E-state index is 0.